The van der Waals surface area contributed by atoms with E-state index < -0.39 is 11.9 Å². The second-order valence-corrected chi connectivity index (χ2v) is 6.02. The quantitative estimate of drug-likeness (QED) is 0.866. The molecule has 2 unspecified atom stereocenters. The molecule has 0 spiro atoms. The Kier molecular flexibility index (Phi) is 5.14. The van der Waals surface area contributed by atoms with Crippen LogP contribution in [0.25, 0.3) is 0 Å². The molecule has 1 amide bonds. The largest absolute Gasteiger partial charge is 0.481 e. The molecule has 6 heteroatoms. The van der Waals surface area contributed by atoms with Crippen molar-refractivity contribution in [3.05, 3.63) is 22.4 Å². The zero-order chi connectivity index (χ0) is 14.5. The molecule has 1 fully saturated rings. The van der Waals surface area contributed by atoms with Crippen molar-refractivity contribution < 1.29 is 19.4 Å². The highest BCUT2D eigenvalue weighted by molar-refractivity contribution is 7.09. The Morgan fingerprint density at radius 3 is 2.95 bits per heavy atom. The smallest absolute Gasteiger partial charge is 0.311 e. The number of likely N-dealkylation sites (N-methyl/N-ethyl adjacent to an activating group) is 1. The monoisotopic (exact) mass is 297 g/mol. The molecule has 1 N–H and O–H groups in total. The molecule has 0 aliphatic carbocycles. The molecule has 2 rings (SSSR count). The molecular formula is C14H19NO4S. The lowest BCUT2D eigenvalue weighted by molar-refractivity contribution is -0.144. The molecule has 1 saturated heterocycles. The number of thiophene rings is 1. The summed E-state index contributed by atoms with van der Waals surface area (Å²) < 4.78 is 5.19. The molecule has 0 saturated carbocycles. The standard InChI is InChI=1S/C14H19NO4S/c1-15(12-9-19-8-11(12)14(17)18)13(16)6-2-4-10-5-3-7-20-10/h3,5,7,11-12H,2,4,6,8-9H2,1H3,(H,17,18). The van der Waals surface area contributed by atoms with Crippen molar-refractivity contribution in [2.45, 2.75) is 25.3 Å². The minimum absolute atomic E-state index is 0.0108. The summed E-state index contributed by atoms with van der Waals surface area (Å²) in [6, 6.07) is 3.72. The summed E-state index contributed by atoms with van der Waals surface area (Å²) in [5.41, 5.74) is 0. The Morgan fingerprint density at radius 1 is 1.50 bits per heavy atom. The van der Waals surface area contributed by atoms with Crippen LogP contribution in [0, 0.1) is 5.92 Å². The van der Waals surface area contributed by atoms with Crippen LogP contribution in [-0.4, -0.2) is 48.2 Å². The Morgan fingerprint density at radius 2 is 2.30 bits per heavy atom. The number of amides is 1. The SMILES string of the molecule is CN(C(=O)CCCc1cccs1)C1COCC1C(=O)O. The topological polar surface area (TPSA) is 66.8 Å². The van der Waals surface area contributed by atoms with Gasteiger partial charge in [0.1, 0.15) is 5.92 Å². The lowest BCUT2D eigenvalue weighted by Crippen LogP contribution is -2.44. The minimum atomic E-state index is -0.897. The highest BCUT2D eigenvalue weighted by Crippen LogP contribution is 2.20. The Hall–Kier alpha value is -1.40. The van der Waals surface area contributed by atoms with Crippen LogP contribution in [-0.2, 0) is 20.7 Å². The van der Waals surface area contributed by atoms with Gasteiger partial charge in [-0.2, -0.15) is 0 Å². The Bertz CT molecular complexity index is 460. The molecule has 1 aromatic rings. The third-order valence-electron chi connectivity index (χ3n) is 3.65. The molecule has 5 nitrogen and oxygen atoms in total. The fraction of sp³-hybridized carbons (Fsp3) is 0.571. The van der Waals surface area contributed by atoms with Gasteiger partial charge in [0.2, 0.25) is 5.91 Å². The van der Waals surface area contributed by atoms with E-state index in [-0.39, 0.29) is 18.6 Å². The number of carboxylic acid groups (broad SMARTS) is 1. The van der Waals surface area contributed by atoms with Crippen molar-refractivity contribution in [1.29, 1.82) is 0 Å². The maximum atomic E-state index is 12.1. The zero-order valence-electron chi connectivity index (χ0n) is 11.4. The molecular weight excluding hydrogens is 278 g/mol. The van der Waals surface area contributed by atoms with Crippen molar-refractivity contribution in [2.75, 3.05) is 20.3 Å². The Balaban J connectivity index is 1.80. The van der Waals surface area contributed by atoms with Crippen molar-refractivity contribution in [3.8, 4) is 0 Å². The van der Waals surface area contributed by atoms with Crippen LogP contribution < -0.4 is 0 Å². The number of carbonyl (C=O) groups is 2. The fourth-order valence-corrected chi connectivity index (χ4v) is 3.14. The van der Waals surface area contributed by atoms with Gasteiger partial charge in [-0.3, -0.25) is 9.59 Å². The predicted octanol–water partition coefficient (Wildman–Crippen LogP) is 1.63. The first kappa shape index (κ1) is 15.0. The van der Waals surface area contributed by atoms with Crippen LogP contribution in [0.3, 0.4) is 0 Å². The molecule has 1 aliphatic heterocycles. The summed E-state index contributed by atoms with van der Waals surface area (Å²) in [4.78, 5) is 26.0. The predicted molar refractivity (Wildman–Crippen MR) is 75.8 cm³/mol. The van der Waals surface area contributed by atoms with E-state index in [0.29, 0.717) is 13.0 Å². The maximum absolute atomic E-state index is 12.1. The maximum Gasteiger partial charge on any atom is 0.311 e. The van der Waals surface area contributed by atoms with Crippen LogP contribution >= 0.6 is 11.3 Å². The van der Waals surface area contributed by atoms with E-state index >= 15 is 0 Å². The Labute approximate surface area is 122 Å². The van der Waals surface area contributed by atoms with Gasteiger partial charge in [0.15, 0.2) is 0 Å². The molecule has 0 radical (unpaired) electrons. The van der Waals surface area contributed by atoms with E-state index in [1.807, 2.05) is 11.4 Å². The molecule has 2 heterocycles. The number of carbonyl (C=O) groups excluding carboxylic acids is 1. The van der Waals surface area contributed by atoms with Gasteiger partial charge in [-0.05, 0) is 24.3 Å². The summed E-state index contributed by atoms with van der Waals surface area (Å²) in [6.07, 6.45) is 2.12. The first-order valence-corrected chi connectivity index (χ1v) is 7.56. The van der Waals surface area contributed by atoms with Crippen LogP contribution in [0.1, 0.15) is 17.7 Å². The number of hydrogen-bond donors (Lipinski definition) is 1. The van der Waals surface area contributed by atoms with Crippen LogP contribution in [0.15, 0.2) is 17.5 Å². The van der Waals surface area contributed by atoms with Crippen molar-refractivity contribution >= 4 is 23.2 Å². The summed E-state index contributed by atoms with van der Waals surface area (Å²) in [5, 5.41) is 11.1. The van der Waals surface area contributed by atoms with Gasteiger partial charge in [0.05, 0.1) is 19.3 Å². The van der Waals surface area contributed by atoms with Crippen LogP contribution in [0.4, 0.5) is 0 Å². The zero-order valence-corrected chi connectivity index (χ0v) is 12.3. The van der Waals surface area contributed by atoms with Crippen molar-refractivity contribution in [2.24, 2.45) is 5.92 Å². The van der Waals surface area contributed by atoms with Gasteiger partial charge in [0, 0.05) is 18.3 Å². The first-order chi connectivity index (χ1) is 9.59. The highest BCUT2D eigenvalue weighted by atomic mass is 32.1. The lowest BCUT2D eigenvalue weighted by Gasteiger charge is -2.26. The number of carboxylic acids is 1. The number of hydrogen-bond acceptors (Lipinski definition) is 4. The summed E-state index contributed by atoms with van der Waals surface area (Å²) in [7, 11) is 1.67. The normalized spacial score (nSPS) is 21.9. The third kappa shape index (κ3) is 3.58. The molecule has 0 aromatic carbocycles. The van der Waals surface area contributed by atoms with E-state index in [0.717, 1.165) is 12.8 Å². The molecule has 1 aromatic heterocycles. The summed E-state index contributed by atoms with van der Waals surface area (Å²) >= 11 is 1.69. The van der Waals surface area contributed by atoms with Crippen molar-refractivity contribution in [1.82, 2.24) is 4.90 Å². The number of rotatable bonds is 6. The average molecular weight is 297 g/mol. The molecule has 1 aliphatic rings. The molecule has 110 valence electrons. The lowest BCUT2D eigenvalue weighted by atomic mass is 10.0. The molecule has 2 atom stereocenters. The van der Waals surface area contributed by atoms with Gasteiger partial charge >= 0.3 is 5.97 Å². The molecule has 0 bridgehead atoms. The van der Waals surface area contributed by atoms with E-state index in [4.69, 9.17) is 9.84 Å². The van der Waals surface area contributed by atoms with Gasteiger partial charge in [-0.25, -0.2) is 0 Å². The summed E-state index contributed by atoms with van der Waals surface area (Å²) in [5.74, 6) is -1.52. The highest BCUT2D eigenvalue weighted by Gasteiger charge is 2.38. The molecule has 20 heavy (non-hydrogen) atoms. The third-order valence-corrected chi connectivity index (χ3v) is 4.59. The van der Waals surface area contributed by atoms with E-state index in [2.05, 4.69) is 6.07 Å². The minimum Gasteiger partial charge on any atom is -0.481 e. The van der Waals surface area contributed by atoms with Gasteiger partial charge in [-0.1, -0.05) is 6.07 Å². The number of nitrogens with zero attached hydrogens (tertiary/aromatic N) is 1. The number of ether oxygens (including phenoxy) is 1. The second-order valence-electron chi connectivity index (χ2n) is 4.99. The van der Waals surface area contributed by atoms with Crippen molar-refractivity contribution in [3.63, 3.8) is 0 Å². The van der Waals surface area contributed by atoms with Gasteiger partial charge < -0.3 is 14.7 Å². The number of aliphatic carboxylic acids is 1. The van der Waals surface area contributed by atoms with Crippen LogP contribution in [0.5, 0.6) is 0 Å². The number of aryl methyl sites for hydroxylation is 1. The second kappa shape index (κ2) is 6.85. The van der Waals surface area contributed by atoms with Gasteiger partial charge in [-0.15, -0.1) is 11.3 Å². The first-order valence-electron chi connectivity index (χ1n) is 6.68. The average Bonchev–Trinajstić information content (AvgIpc) is 3.08. The van der Waals surface area contributed by atoms with E-state index in [1.165, 1.54) is 4.88 Å². The summed E-state index contributed by atoms with van der Waals surface area (Å²) in [6.45, 7) is 0.497. The van der Waals surface area contributed by atoms with Crippen LogP contribution in [0.2, 0.25) is 0 Å². The van der Waals surface area contributed by atoms with Gasteiger partial charge in [0.25, 0.3) is 0 Å². The van der Waals surface area contributed by atoms with E-state index in [1.54, 1.807) is 23.3 Å². The fourth-order valence-electron chi connectivity index (χ4n) is 2.39. The van der Waals surface area contributed by atoms with E-state index in [9.17, 15) is 9.59 Å².